The van der Waals surface area contributed by atoms with Crippen molar-refractivity contribution in [3.63, 3.8) is 0 Å². The summed E-state index contributed by atoms with van der Waals surface area (Å²) < 4.78 is 7.17. The van der Waals surface area contributed by atoms with Gasteiger partial charge in [-0.2, -0.15) is 4.68 Å². The van der Waals surface area contributed by atoms with Gasteiger partial charge in [0.2, 0.25) is 5.16 Å². The van der Waals surface area contributed by atoms with Crippen LogP contribution < -0.4 is 4.74 Å². The Morgan fingerprint density at radius 2 is 1.96 bits per heavy atom. The van der Waals surface area contributed by atoms with Gasteiger partial charge in [-0.05, 0) is 41.6 Å². The molecular formula is C17H16Cl2N4O2S. The Bertz CT molecular complexity index is 873. The molecule has 0 aliphatic heterocycles. The summed E-state index contributed by atoms with van der Waals surface area (Å²) in [7, 11) is 0. The van der Waals surface area contributed by atoms with E-state index in [-0.39, 0.29) is 6.61 Å². The number of aryl methyl sites for hydroxylation is 1. The Balaban J connectivity index is 1.57. The minimum absolute atomic E-state index is 0.0825. The summed E-state index contributed by atoms with van der Waals surface area (Å²) in [4.78, 5) is 0. The Hall–Kier alpha value is -1.80. The maximum Gasteiger partial charge on any atom is 0.214 e. The molecular weight excluding hydrogens is 395 g/mol. The highest BCUT2D eigenvalue weighted by Crippen LogP contribution is 2.28. The van der Waals surface area contributed by atoms with E-state index in [1.165, 1.54) is 11.8 Å². The summed E-state index contributed by atoms with van der Waals surface area (Å²) in [6.45, 7) is 2.10. The summed E-state index contributed by atoms with van der Waals surface area (Å²) in [5.41, 5.74) is 2.02. The smallest absolute Gasteiger partial charge is 0.214 e. The third-order valence-electron chi connectivity index (χ3n) is 3.45. The van der Waals surface area contributed by atoms with E-state index in [2.05, 4.69) is 15.5 Å². The molecule has 0 radical (unpaired) electrons. The van der Waals surface area contributed by atoms with Crippen molar-refractivity contribution >= 4 is 35.0 Å². The van der Waals surface area contributed by atoms with Gasteiger partial charge in [0.15, 0.2) is 0 Å². The fourth-order valence-electron chi connectivity index (χ4n) is 2.11. The number of nitrogens with zero attached hydrogens (tertiary/aromatic N) is 4. The van der Waals surface area contributed by atoms with Crippen molar-refractivity contribution in [1.29, 1.82) is 0 Å². The molecule has 6 nitrogen and oxygen atoms in total. The molecule has 3 aromatic rings. The molecule has 1 aromatic heterocycles. The number of aliphatic hydroxyl groups is 1. The van der Waals surface area contributed by atoms with Crippen molar-refractivity contribution in [2.24, 2.45) is 0 Å². The van der Waals surface area contributed by atoms with Gasteiger partial charge in [0.25, 0.3) is 0 Å². The third kappa shape index (κ3) is 4.88. The lowest BCUT2D eigenvalue weighted by atomic mass is 10.2. The first kappa shape index (κ1) is 19.0. The topological polar surface area (TPSA) is 73.1 Å². The summed E-state index contributed by atoms with van der Waals surface area (Å²) in [5, 5.41) is 23.4. The normalized spacial score (nSPS) is 12.2. The van der Waals surface area contributed by atoms with E-state index in [9.17, 15) is 5.11 Å². The van der Waals surface area contributed by atoms with Gasteiger partial charge in [0.1, 0.15) is 12.4 Å². The van der Waals surface area contributed by atoms with E-state index >= 15 is 0 Å². The second-order valence-corrected chi connectivity index (χ2v) is 7.39. The molecule has 136 valence electrons. The van der Waals surface area contributed by atoms with Crippen LogP contribution in [0.3, 0.4) is 0 Å². The molecule has 0 bridgehead atoms. The van der Waals surface area contributed by atoms with E-state index < -0.39 is 6.10 Å². The Morgan fingerprint density at radius 1 is 1.19 bits per heavy atom. The number of tetrazole rings is 1. The molecule has 3 rings (SSSR count). The molecule has 0 aliphatic carbocycles. The van der Waals surface area contributed by atoms with E-state index in [1.54, 1.807) is 22.9 Å². The first-order chi connectivity index (χ1) is 12.5. The average Bonchev–Trinajstić information content (AvgIpc) is 3.10. The predicted octanol–water partition coefficient (Wildman–Crippen LogP) is 3.81. The van der Waals surface area contributed by atoms with Gasteiger partial charge in [-0.25, -0.2) is 0 Å². The summed E-state index contributed by atoms with van der Waals surface area (Å²) >= 11 is 13.3. The number of benzene rings is 2. The molecule has 26 heavy (non-hydrogen) atoms. The van der Waals surface area contributed by atoms with Crippen LogP contribution in [0.1, 0.15) is 5.56 Å². The number of rotatable bonds is 7. The van der Waals surface area contributed by atoms with E-state index in [0.717, 1.165) is 11.3 Å². The van der Waals surface area contributed by atoms with Crippen LogP contribution in [-0.4, -0.2) is 43.8 Å². The van der Waals surface area contributed by atoms with Gasteiger partial charge in [0.05, 0.1) is 16.8 Å². The summed E-state index contributed by atoms with van der Waals surface area (Å²) in [6, 6.07) is 12.8. The molecule has 1 heterocycles. The van der Waals surface area contributed by atoms with Crippen molar-refractivity contribution in [2.45, 2.75) is 18.2 Å². The highest BCUT2D eigenvalue weighted by Gasteiger charge is 2.13. The highest BCUT2D eigenvalue weighted by molar-refractivity contribution is 7.99. The monoisotopic (exact) mass is 410 g/mol. The highest BCUT2D eigenvalue weighted by atomic mass is 35.5. The Morgan fingerprint density at radius 3 is 2.73 bits per heavy atom. The minimum atomic E-state index is -0.724. The number of aliphatic hydroxyl groups excluding tert-OH is 1. The quantitative estimate of drug-likeness (QED) is 0.596. The number of aromatic nitrogens is 4. The van der Waals surface area contributed by atoms with Crippen molar-refractivity contribution in [3.05, 3.63) is 58.1 Å². The van der Waals surface area contributed by atoms with Gasteiger partial charge in [-0.1, -0.05) is 52.7 Å². The first-order valence-corrected chi connectivity index (χ1v) is 9.51. The van der Waals surface area contributed by atoms with Crippen LogP contribution in [-0.2, 0) is 0 Å². The molecule has 2 aromatic carbocycles. The number of thioether (sulfide) groups is 1. The van der Waals surface area contributed by atoms with Crippen LogP contribution >= 0.6 is 35.0 Å². The molecule has 1 N–H and O–H groups in total. The number of hydrogen-bond acceptors (Lipinski definition) is 6. The summed E-state index contributed by atoms with van der Waals surface area (Å²) in [5.74, 6) is 0.803. The largest absolute Gasteiger partial charge is 0.489 e. The van der Waals surface area contributed by atoms with Gasteiger partial charge in [0, 0.05) is 16.8 Å². The Kier molecular flexibility index (Phi) is 6.37. The van der Waals surface area contributed by atoms with Gasteiger partial charge >= 0.3 is 0 Å². The summed E-state index contributed by atoms with van der Waals surface area (Å²) in [6.07, 6.45) is -0.724. The van der Waals surface area contributed by atoms with E-state index in [4.69, 9.17) is 27.9 Å². The average molecular weight is 411 g/mol. The molecule has 1 atom stereocenters. The fraction of sp³-hybridized carbons (Fsp3) is 0.235. The maximum absolute atomic E-state index is 10.2. The van der Waals surface area contributed by atoms with Crippen molar-refractivity contribution < 1.29 is 9.84 Å². The zero-order valence-electron chi connectivity index (χ0n) is 13.8. The third-order valence-corrected chi connectivity index (χ3v) is 5.06. The molecule has 0 spiro atoms. The van der Waals surface area contributed by atoms with Crippen LogP contribution in [0.15, 0.2) is 47.6 Å². The second kappa shape index (κ2) is 8.73. The molecule has 0 aliphatic rings. The zero-order chi connectivity index (χ0) is 18.5. The van der Waals surface area contributed by atoms with Crippen molar-refractivity contribution in [2.75, 3.05) is 12.4 Å². The van der Waals surface area contributed by atoms with E-state index in [0.29, 0.717) is 26.7 Å². The van der Waals surface area contributed by atoms with Crippen LogP contribution in [0.5, 0.6) is 5.75 Å². The molecule has 0 fully saturated rings. The lowest BCUT2D eigenvalue weighted by Crippen LogP contribution is -2.20. The lowest BCUT2D eigenvalue weighted by molar-refractivity contribution is 0.126. The molecule has 0 saturated heterocycles. The van der Waals surface area contributed by atoms with Gasteiger partial charge in [-0.15, -0.1) is 5.10 Å². The zero-order valence-corrected chi connectivity index (χ0v) is 16.2. The lowest BCUT2D eigenvalue weighted by Gasteiger charge is -2.13. The van der Waals surface area contributed by atoms with Crippen molar-refractivity contribution in [1.82, 2.24) is 20.2 Å². The van der Waals surface area contributed by atoms with Crippen LogP contribution in [0.2, 0.25) is 10.0 Å². The number of halogens is 2. The molecule has 0 saturated carbocycles. The van der Waals surface area contributed by atoms with Crippen molar-refractivity contribution in [3.8, 4) is 11.4 Å². The van der Waals surface area contributed by atoms with Gasteiger partial charge < -0.3 is 9.84 Å². The first-order valence-electron chi connectivity index (χ1n) is 7.77. The minimum Gasteiger partial charge on any atom is -0.489 e. The van der Waals surface area contributed by atoms with E-state index in [1.807, 2.05) is 31.2 Å². The fourth-order valence-corrected chi connectivity index (χ4v) is 3.24. The standard InChI is InChI=1S/C17H16Cl2N4O2S/c1-11-2-5-13(6-3-11)23-17(20-21-22-23)26-10-14(24)9-25-16-8-12(18)4-7-15(16)19/h2-8,14,24H,9-10H2,1H3/t14-/m0/s1. The SMILES string of the molecule is Cc1ccc(-n2nnnc2SC[C@@H](O)COc2cc(Cl)ccc2Cl)cc1. The molecule has 0 amide bonds. The van der Waals surface area contributed by atoms with Crippen LogP contribution in [0.4, 0.5) is 0 Å². The second-order valence-electron chi connectivity index (χ2n) is 5.56. The number of ether oxygens (including phenoxy) is 1. The molecule has 0 unspecified atom stereocenters. The van der Waals surface area contributed by atoms with Crippen LogP contribution in [0, 0.1) is 6.92 Å². The Labute approximate surface area is 165 Å². The predicted molar refractivity (Wildman–Crippen MR) is 103 cm³/mol. The maximum atomic E-state index is 10.2. The van der Waals surface area contributed by atoms with Gasteiger partial charge in [-0.3, -0.25) is 0 Å². The number of hydrogen-bond donors (Lipinski definition) is 1. The van der Waals surface area contributed by atoms with Crippen LogP contribution in [0.25, 0.3) is 5.69 Å². The molecule has 9 heteroatoms.